The number of ether oxygens (including phenoxy) is 1. The first-order valence-electron chi connectivity index (χ1n) is 6.27. The molecule has 1 aliphatic heterocycles. The molecule has 1 aromatic carbocycles. The molecular weight excluding hydrogens is 292 g/mol. The summed E-state index contributed by atoms with van der Waals surface area (Å²) in [6.07, 6.45) is 1.60. The van der Waals surface area contributed by atoms with Gasteiger partial charge in [-0.3, -0.25) is 19.3 Å². The van der Waals surface area contributed by atoms with Crippen LogP contribution < -0.4 is 10.5 Å². The van der Waals surface area contributed by atoms with E-state index in [9.17, 15) is 14.4 Å². The number of hydrogen-bond donors (Lipinski definition) is 1. The SMILES string of the molecule is CCOc1ccc(/C=C2\SC(=O)N(CC(N)=O)C2=O)cc1. The lowest BCUT2D eigenvalue weighted by atomic mass is 10.2. The zero-order valence-corrected chi connectivity index (χ0v) is 12.2. The maximum Gasteiger partial charge on any atom is 0.294 e. The second kappa shape index (κ2) is 6.45. The summed E-state index contributed by atoms with van der Waals surface area (Å²) in [4.78, 5) is 35.6. The summed E-state index contributed by atoms with van der Waals surface area (Å²) in [6, 6.07) is 7.13. The van der Waals surface area contributed by atoms with Gasteiger partial charge in [-0.2, -0.15) is 0 Å². The van der Waals surface area contributed by atoms with Crippen LogP contribution in [0.3, 0.4) is 0 Å². The molecule has 0 unspecified atom stereocenters. The standard InChI is InChI=1S/C14H14N2O4S/c1-2-20-10-5-3-9(4-6-10)7-11-13(18)16(8-12(15)17)14(19)21-11/h3-7H,2,8H2,1H3,(H2,15,17)/b11-7-. The molecule has 6 nitrogen and oxygen atoms in total. The van der Waals surface area contributed by atoms with Gasteiger partial charge in [-0.05, 0) is 42.5 Å². The van der Waals surface area contributed by atoms with Crippen LogP contribution in [-0.4, -0.2) is 35.1 Å². The Morgan fingerprint density at radius 1 is 1.33 bits per heavy atom. The van der Waals surface area contributed by atoms with Crippen LogP contribution in [0.1, 0.15) is 12.5 Å². The number of rotatable bonds is 5. The Hall–Kier alpha value is -2.28. The van der Waals surface area contributed by atoms with Crippen LogP contribution in [0.15, 0.2) is 29.2 Å². The van der Waals surface area contributed by atoms with E-state index in [-0.39, 0.29) is 4.91 Å². The molecule has 1 heterocycles. The Morgan fingerprint density at radius 3 is 2.57 bits per heavy atom. The molecule has 0 bridgehead atoms. The molecule has 0 aliphatic carbocycles. The van der Waals surface area contributed by atoms with Crippen LogP contribution in [0, 0.1) is 0 Å². The number of carbonyl (C=O) groups is 3. The number of thioether (sulfide) groups is 1. The van der Waals surface area contributed by atoms with Crippen LogP contribution in [-0.2, 0) is 9.59 Å². The Labute approximate surface area is 125 Å². The van der Waals surface area contributed by atoms with Gasteiger partial charge in [-0.1, -0.05) is 12.1 Å². The second-order valence-electron chi connectivity index (χ2n) is 4.24. The molecule has 0 spiro atoms. The van der Waals surface area contributed by atoms with Gasteiger partial charge in [-0.15, -0.1) is 0 Å². The number of nitrogens with two attached hydrogens (primary N) is 1. The van der Waals surface area contributed by atoms with Crippen molar-refractivity contribution in [2.75, 3.05) is 13.2 Å². The molecule has 1 saturated heterocycles. The number of primary amides is 1. The molecule has 0 atom stereocenters. The molecule has 1 fully saturated rings. The van der Waals surface area contributed by atoms with E-state index in [1.807, 2.05) is 6.92 Å². The van der Waals surface area contributed by atoms with Crippen molar-refractivity contribution in [1.82, 2.24) is 4.90 Å². The van der Waals surface area contributed by atoms with E-state index in [1.165, 1.54) is 0 Å². The second-order valence-corrected chi connectivity index (χ2v) is 5.23. The van der Waals surface area contributed by atoms with E-state index in [4.69, 9.17) is 10.5 Å². The molecule has 7 heteroatoms. The van der Waals surface area contributed by atoms with E-state index in [1.54, 1.807) is 30.3 Å². The molecule has 3 amide bonds. The van der Waals surface area contributed by atoms with Crippen LogP contribution in [0.4, 0.5) is 4.79 Å². The summed E-state index contributed by atoms with van der Waals surface area (Å²) < 4.78 is 5.32. The van der Waals surface area contributed by atoms with Crippen molar-refractivity contribution < 1.29 is 19.1 Å². The van der Waals surface area contributed by atoms with Crippen molar-refractivity contribution in [3.8, 4) is 5.75 Å². The summed E-state index contributed by atoms with van der Waals surface area (Å²) >= 11 is 0.793. The van der Waals surface area contributed by atoms with Crippen molar-refractivity contribution in [2.45, 2.75) is 6.92 Å². The average molecular weight is 306 g/mol. The molecule has 2 N–H and O–H groups in total. The van der Waals surface area contributed by atoms with E-state index >= 15 is 0 Å². The fourth-order valence-corrected chi connectivity index (χ4v) is 2.61. The molecule has 0 radical (unpaired) electrons. The first-order chi connectivity index (χ1) is 10.0. The van der Waals surface area contributed by atoms with Crippen molar-refractivity contribution in [3.05, 3.63) is 34.7 Å². The molecule has 1 aliphatic rings. The van der Waals surface area contributed by atoms with E-state index in [0.29, 0.717) is 6.61 Å². The number of carbonyl (C=O) groups excluding carboxylic acids is 3. The van der Waals surface area contributed by atoms with Gasteiger partial charge in [0.15, 0.2) is 0 Å². The molecule has 0 saturated carbocycles. The number of nitrogens with zero attached hydrogens (tertiary/aromatic N) is 1. The predicted octanol–water partition coefficient (Wildman–Crippen LogP) is 1.61. The Morgan fingerprint density at radius 2 is 2.00 bits per heavy atom. The summed E-state index contributed by atoms with van der Waals surface area (Å²) in [6.45, 7) is 2.07. The van der Waals surface area contributed by atoms with Gasteiger partial charge in [0.25, 0.3) is 11.1 Å². The van der Waals surface area contributed by atoms with Crippen LogP contribution in [0.25, 0.3) is 6.08 Å². The highest BCUT2D eigenvalue weighted by molar-refractivity contribution is 8.18. The predicted molar refractivity (Wildman–Crippen MR) is 79.5 cm³/mol. The zero-order chi connectivity index (χ0) is 15.4. The van der Waals surface area contributed by atoms with Crippen LogP contribution in [0.5, 0.6) is 5.75 Å². The van der Waals surface area contributed by atoms with Gasteiger partial charge in [0.1, 0.15) is 12.3 Å². The van der Waals surface area contributed by atoms with Gasteiger partial charge in [0.2, 0.25) is 5.91 Å². The summed E-state index contributed by atoms with van der Waals surface area (Å²) in [5.74, 6) is -0.492. The van der Waals surface area contributed by atoms with Crippen molar-refractivity contribution in [2.24, 2.45) is 5.73 Å². The molecule has 1 aromatic rings. The fourth-order valence-electron chi connectivity index (χ4n) is 1.77. The lowest BCUT2D eigenvalue weighted by Crippen LogP contribution is -2.36. The number of benzene rings is 1. The Kier molecular flexibility index (Phi) is 4.64. The van der Waals surface area contributed by atoms with Crippen molar-refractivity contribution >= 4 is 34.9 Å². The van der Waals surface area contributed by atoms with E-state index in [2.05, 4.69) is 0 Å². The fraction of sp³-hybridized carbons (Fsp3) is 0.214. The third-order valence-electron chi connectivity index (χ3n) is 2.68. The van der Waals surface area contributed by atoms with Gasteiger partial charge >= 0.3 is 0 Å². The van der Waals surface area contributed by atoms with E-state index in [0.717, 1.165) is 28.0 Å². The van der Waals surface area contributed by atoms with Gasteiger partial charge < -0.3 is 10.5 Å². The average Bonchev–Trinajstić information content (AvgIpc) is 2.69. The lowest BCUT2D eigenvalue weighted by Gasteiger charge is -2.08. The summed E-state index contributed by atoms with van der Waals surface area (Å²) in [5, 5.41) is -0.490. The molecule has 110 valence electrons. The van der Waals surface area contributed by atoms with Crippen LogP contribution >= 0.6 is 11.8 Å². The monoisotopic (exact) mass is 306 g/mol. The summed E-state index contributed by atoms with van der Waals surface area (Å²) in [5.41, 5.74) is 5.78. The molecule has 21 heavy (non-hydrogen) atoms. The highest BCUT2D eigenvalue weighted by Gasteiger charge is 2.35. The van der Waals surface area contributed by atoms with Gasteiger partial charge in [0, 0.05) is 0 Å². The summed E-state index contributed by atoms with van der Waals surface area (Å²) in [7, 11) is 0. The molecule has 0 aromatic heterocycles. The number of imide groups is 1. The molecular formula is C14H14N2O4S. The number of hydrogen-bond acceptors (Lipinski definition) is 5. The normalized spacial score (nSPS) is 16.6. The minimum Gasteiger partial charge on any atom is -0.494 e. The maximum atomic E-state index is 12.0. The van der Waals surface area contributed by atoms with Gasteiger partial charge in [0.05, 0.1) is 11.5 Å². The van der Waals surface area contributed by atoms with Crippen molar-refractivity contribution in [1.29, 1.82) is 0 Å². The zero-order valence-electron chi connectivity index (χ0n) is 11.4. The third-order valence-corrected chi connectivity index (χ3v) is 3.58. The maximum absolute atomic E-state index is 12.0. The topological polar surface area (TPSA) is 89.7 Å². The van der Waals surface area contributed by atoms with E-state index < -0.39 is 23.6 Å². The smallest absolute Gasteiger partial charge is 0.294 e. The lowest BCUT2D eigenvalue weighted by molar-refractivity contribution is -0.127. The largest absolute Gasteiger partial charge is 0.494 e. The highest BCUT2D eigenvalue weighted by Crippen LogP contribution is 2.32. The van der Waals surface area contributed by atoms with Gasteiger partial charge in [-0.25, -0.2) is 0 Å². The minimum absolute atomic E-state index is 0.269. The third kappa shape index (κ3) is 3.63. The van der Waals surface area contributed by atoms with Crippen molar-refractivity contribution in [3.63, 3.8) is 0 Å². The minimum atomic E-state index is -0.723. The molecule has 2 rings (SSSR count). The highest BCUT2D eigenvalue weighted by atomic mass is 32.2. The number of amides is 3. The Balaban J connectivity index is 2.16. The Bertz CT molecular complexity index is 610. The first kappa shape index (κ1) is 15.1. The quantitative estimate of drug-likeness (QED) is 0.835. The first-order valence-corrected chi connectivity index (χ1v) is 7.09. The van der Waals surface area contributed by atoms with Crippen LogP contribution in [0.2, 0.25) is 0 Å².